The van der Waals surface area contributed by atoms with Crippen LogP contribution in [0.15, 0.2) is 59.1 Å². The van der Waals surface area contributed by atoms with Crippen LogP contribution in [-0.4, -0.2) is 53.6 Å². The summed E-state index contributed by atoms with van der Waals surface area (Å²) < 4.78 is 10.7. The van der Waals surface area contributed by atoms with Crippen molar-refractivity contribution in [1.82, 2.24) is 15.0 Å². The van der Waals surface area contributed by atoms with Crippen LogP contribution in [0.5, 0.6) is 5.75 Å². The quantitative estimate of drug-likeness (QED) is 0.595. The number of hydrogen-bond donors (Lipinski definition) is 0. The zero-order valence-corrected chi connectivity index (χ0v) is 17.8. The summed E-state index contributed by atoms with van der Waals surface area (Å²) >= 11 is 0. The molecule has 2 saturated heterocycles. The smallest absolute Gasteiger partial charge is 0.233 e. The van der Waals surface area contributed by atoms with Crippen LogP contribution in [0.4, 0.5) is 5.69 Å². The molecule has 0 spiro atoms. The second-order valence-corrected chi connectivity index (χ2v) is 8.26. The van der Waals surface area contributed by atoms with E-state index in [0.717, 1.165) is 11.3 Å². The van der Waals surface area contributed by atoms with Gasteiger partial charge >= 0.3 is 0 Å². The summed E-state index contributed by atoms with van der Waals surface area (Å²) in [5, 5.41) is 4.08. The zero-order valence-electron chi connectivity index (χ0n) is 17.8. The first-order valence-electron chi connectivity index (χ1n) is 10.7. The van der Waals surface area contributed by atoms with Gasteiger partial charge < -0.3 is 19.1 Å². The van der Waals surface area contributed by atoms with E-state index in [2.05, 4.69) is 10.1 Å². The van der Waals surface area contributed by atoms with Gasteiger partial charge in [0.15, 0.2) is 5.82 Å². The number of benzene rings is 2. The zero-order chi connectivity index (χ0) is 22.1. The van der Waals surface area contributed by atoms with Crippen LogP contribution in [0.3, 0.4) is 0 Å². The average molecular weight is 432 g/mol. The van der Waals surface area contributed by atoms with Gasteiger partial charge in [0.05, 0.1) is 18.9 Å². The molecule has 164 valence electrons. The Balaban J connectivity index is 1.17. The SMILES string of the molecule is COc1cccc(N2C[C@H](C(=O)N3CC(c4nc(Cc5ccccc5)no4)C3)CC2=O)c1. The molecule has 1 aromatic heterocycles. The van der Waals surface area contributed by atoms with Crippen LogP contribution in [0.2, 0.25) is 0 Å². The fourth-order valence-electron chi connectivity index (χ4n) is 4.26. The highest BCUT2D eigenvalue weighted by atomic mass is 16.5. The van der Waals surface area contributed by atoms with Crippen molar-refractivity contribution in [3.05, 3.63) is 71.9 Å². The third kappa shape index (κ3) is 3.95. The van der Waals surface area contributed by atoms with Gasteiger partial charge in [0, 0.05) is 44.2 Å². The molecule has 3 heterocycles. The fourth-order valence-corrected chi connectivity index (χ4v) is 4.26. The summed E-state index contributed by atoms with van der Waals surface area (Å²) in [6, 6.07) is 17.3. The van der Waals surface area contributed by atoms with Gasteiger partial charge in [-0.15, -0.1) is 0 Å². The minimum atomic E-state index is -0.342. The lowest BCUT2D eigenvalue weighted by Crippen LogP contribution is -2.51. The van der Waals surface area contributed by atoms with Gasteiger partial charge in [-0.2, -0.15) is 4.98 Å². The van der Waals surface area contributed by atoms with Crippen molar-refractivity contribution in [2.24, 2.45) is 5.92 Å². The molecule has 2 fully saturated rings. The molecule has 5 rings (SSSR count). The Morgan fingerprint density at radius 3 is 2.72 bits per heavy atom. The summed E-state index contributed by atoms with van der Waals surface area (Å²) in [5.41, 5.74) is 1.87. The van der Waals surface area contributed by atoms with Crippen LogP contribution in [0, 0.1) is 5.92 Å². The number of rotatable bonds is 6. The molecular weight excluding hydrogens is 408 g/mol. The van der Waals surface area contributed by atoms with Gasteiger partial charge in [0.1, 0.15) is 5.75 Å². The van der Waals surface area contributed by atoms with Gasteiger partial charge in [-0.1, -0.05) is 41.6 Å². The molecule has 0 radical (unpaired) electrons. The molecule has 3 aromatic rings. The Kier molecular flexibility index (Phi) is 5.34. The Bertz CT molecular complexity index is 1120. The van der Waals surface area contributed by atoms with Gasteiger partial charge in [-0.05, 0) is 17.7 Å². The first-order chi connectivity index (χ1) is 15.6. The topological polar surface area (TPSA) is 88.8 Å². The van der Waals surface area contributed by atoms with Crippen molar-refractivity contribution in [2.75, 3.05) is 31.6 Å². The van der Waals surface area contributed by atoms with E-state index in [1.807, 2.05) is 54.6 Å². The fraction of sp³-hybridized carbons (Fsp3) is 0.333. The van der Waals surface area contributed by atoms with Gasteiger partial charge in [0.2, 0.25) is 17.7 Å². The maximum Gasteiger partial charge on any atom is 0.233 e. The summed E-state index contributed by atoms with van der Waals surface area (Å²) in [5.74, 6) is 1.56. The van der Waals surface area contributed by atoms with Crippen LogP contribution in [0.25, 0.3) is 0 Å². The van der Waals surface area contributed by atoms with Gasteiger partial charge in [0.25, 0.3) is 0 Å². The minimum Gasteiger partial charge on any atom is -0.497 e. The molecule has 0 N–H and O–H groups in total. The Morgan fingerprint density at radius 2 is 1.94 bits per heavy atom. The standard InChI is InChI=1S/C24H24N4O4/c1-31-20-9-5-8-19(12-20)28-15-17(11-22(28)29)24(30)27-13-18(14-27)23-25-21(26-32-23)10-16-6-3-2-4-7-16/h2-9,12,17-18H,10-11,13-15H2,1H3/t17-/m1/s1. The van der Waals surface area contributed by atoms with Crippen LogP contribution in [0.1, 0.15) is 29.6 Å². The molecule has 2 aliphatic heterocycles. The van der Waals surface area contributed by atoms with E-state index in [0.29, 0.717) is 43.5 Å². The number of anilines is 1. The predicted molar refractivity (Wildman–Crippen MR) is 116 cm³/mol. The summed E-state index contributed by atoms with van der Waals surface area (Å²) in [6.45, 7) is 1.46. The number of likely N-dealkylation sites (tertiary alicyclic amines) is 1. The number of carbonyl (C=O) groups is 2. The molecule has 0 bridgehead atoms. The molecule has 8 nitrogen and oxygen atoms in total. The Labute approximate surface area is 185 Å². The molecule has 0 aliphatic carbocycles. The molecule has 0 saturated carbocycles. The highest BCUT2D eigenvalue weighted by Gasteiger charge is 2.42. The minimum absolute atomic E-state index is 0.00372. The van der Waals surface area contributed by atoms with Crippen molar-refractivity contribution < 1.29 is 18.8 Å². The number of ether oxygens (including phenoxy) is 1. The molecule has 32 heavy (non-hydrogen) atoms. The van der Waals surface area contributed by atoms with Crippen molar-refractivity contribution in [3.8, 4) is 5.75 Å². The second-order valence-electron chi connectivity index (χ2n) is 8.26. The predicted octanol–water partition coefficient (Wildman–Crippen LogP) is 2.65. The highest BCUT2D eigenvalue weighted by Crippen LogP contribution is 2.32. The van der Waals surface area contributed by atoms with E-state index in [1.54, 1.807) is 16.9 Å². The Morgan fingerprint density at radius 1 is 1.12 bits per heavy atom. The van der Waals surface area contributed by atoms with Crippen molar-refractivity contribution in [2.45, 2.75) is 18.8 Å². The van der Waals surface area contributed by atoms with Gasteiger partial charge in [-0.25, -0.2) is 0 Å². The van der Waals surface area contributed by atoms with Crippen molar-refractivity contribution in [1.29, 1.82) is 0 Å². The number of amides is 2. The van der Waals surface area contributed by atoms with Gasteiger partial charge in [-0.3, -0.25) is 9.59 Å². The largest absolute Gasteiger partial charge is 0.497 e. The third-order valence-electron chi connectivity index (χ3n) is 6.07. The normalized spacial score (nSPS) is 18.7. The maximum atomic E-state index is 13.0. The number of methoxy groups -OCH3 is 1. The molecule has 2 aliphatic rings. The molecular formula is C24H24N4O4. The van der Waals surface area contributed by atoms with E-state index < -0.39 is 0 Å². The first kappa shape index (κ1) is 20.2. The second kappa shape index (κ2) is 8.45. The average Bonchev–Trinajstić information content (AvgIpc) is 3.40. The van der Waals surface area contributed by atoms with E-state index in [1.165, 1.54) is 0 Å². The molecule has 8 heteroatoms. The lowest BCUT2D eigenvalue weighted by molar-refractivity contribution is -0.140. The number of carbonyl (C=O) groups excluding carboxylic acids is 2. The summed E-state index contributed by atoms with van der Waals surface area (Å²) in [7, 11) is 1.59. The molecule has 2 aromatic carbocycles. The Hall–Kier alpha value is -3.68. The lowest BCUT2D eigenvalue weighted by Gasteiger charge is -2.38. The van der Waals surface area contributed by atoms with Crippen molar-refractivity contribution in [3.63, 3.8) is 0 Å². The highest BCUT2D eigenvalue weighted by molar-refractivity contribution is 6.00. The first-order valence-corrected chi connectivity index (χ1v) is 10.7. The van der Waals surface area contributed by atoms with Crippen molar-refractivity contribution >= 4 is 17.5 Å². The monoisotopic (exact) mass is 432 g/mol. The molecule has 1 atom stereocenters. The summed E-state index contributed by atoms with van der Waals surface area (Å²) in [4.78, 5) is 33.4. The molecule has 0 unspecified atom stereocenters. The van der Waals surface area contributed by atoms with E-state index in [-0.39, 0.29) is 30.1 Å². The van der Waals surface area contributed by atoms with E-state index >= 15 is 0 Å². The van der Waals surface area contributed by atoms with Crippen LogP contribution in [-0.2, 0) is 16.0 Å². The number of nitrogens with zero attached hydrogens (tertiary/aromatic N) is 4. The third-order valence-corrected chi connectivity index (χ3v) is 6.07. The molecule has 2 amide bonds. The maximum absolute atomic E-state index is 13.0. The lowest BCUT2D eigenvalue weighted by atomic mass is 9.96. The van der Waals surface area contributed by atoms with E-state index in [9.17, 15) is 9.59 Å². The summed E-state index contributed by atoms with van der Waals surface area (Å²) in [6.07, 6.45) is 0.836. The number of aromatic nitrogens is 2. The van der Waals surface area contributed by atoms with E-state index in [4.69, 9.17) is 9.26 Å². The van der Waals surface area contributed by atoms with Crippen LogP contribution < -0.4 is 9.64 Å². The van der Waals surface area contributed by atoms with Crippen LogP contribution >= 0.6 is 0 Å². The number of hydrogen-bond acceptors (Lipinski definition) is 6.